The zero-order chi connectivity index (χ0) is 15.1. The number of anilines is 1. The normalized spacial score (nSPS) is 15.5. The van der Waals surface area contributed by atoms with E-state index in [1.807, 2.05) is 29.2 Å². The molecule has 0 saturated heterocycles. The van der Waals surface area contributed by atoms with E-state index in [2.05, 4.69) is 5.32 Å². The molecule has 0 radical (unpaired) electrons. The number of benzene rings is 1. The minimum absolute atomic E-state index is 0.0862. The predicted molar refractivity (Wildman–Crippen MR) is 84.6 cm³/mol. The Morgan fingerprint density at radius 2 is 2.05 bits per heavy atom. The second kappa shape index (κ2) is 7.88. The van der Waals surface area contributed by atoms with Gasteiger partial charge in [0.15, 0.2) is 0 Å². The van der Waals surface area contributed by atoms with Gasteiger partial charge in [0.05, 0.1) is 12.8 Å². The number of nitrogens with one attached hydrogen (secondary N) is 1. The molecule has 116 valence electrons. The number of urea groups is 1. The number of nitrogens with zero attached hydrogens (tertiary/aromatic N) is 1. The summed E-state index contributed by atoms with van der Waals surface area (Å²) >= 11 is 0. The van der Waals surface area contributed by atoms with Crippen LogP contribution in [0.1, 0.15) is 32.1 Å². The van der Waals surface area contributed by atoms with Gasteiger partial charge in [-0.1, -0.05) is 31.4 Å². The molecule has 1 fully saturated rings. The number of ether oxygens (including phenoxy) is 1. The molecule has 0 atom stereocenters. The minimum Gasteiger partial charge on any atom is -0.495 e. The largest absolute Gasteiger partial charge is 0.495 e. The van der Waals surface area contributed by atoms with Crippen molar-refractivity contribution in [3.05, 3.63) is 24.3 Å². The second-order valence-corrected chi connectivity index (χ2v) is 5.40. The van der Waals surface area contributed by atoms with Crippen molar-refractivity contribution in [2.75, 3.05) is 25.5 Å². The summed E-state index contributed by atoms with van der Waals surface area (Å²) in [4.78, 5) is 14.5. The van der Waals surface area contributed by atoms with Gasteiger partial charge >= 0.3 is 6.03 Å². The molecule has 1 aromatic carbocycles. The fourth-order valence-electron chi connectivity index (χ4n) is 2.92. The van der Waals surface area contributed by atoms with Gasteiger partial charge in [0, 0.05) is 19.1 Å². The van der Waals surface area contributed by atoms with E-state index in [-0.39, 0.29) is 6.03 Å². The predicted octanol–water partition coefficient (Wildman–Crippen LogP) is 2.82. The lowest BCUT2D eigenvalue weighted by molar-refractivity contribution is 0.169. The van der Waals surface area contributed by atoms with Crippen molar-refractivity contribution in [1.29, 1.82) is 0 Å². The lowest BCUT2D eigenvalue weighted by atomic mass is 9.94. The van der Waals surface area contributed by atoms with Gasteiger partial charge < -0.3 is 20.7 Å². The Kier molecular flexibility index (Phi) is 5.87. The molecule has 0 bridgehead atoms. The number of para-hydroxylation sites is 2. The minimum atomic E-state index is -0.0862. The fraction of sp³-hybridized carbons (Fsp3) is 0.562. The number of amides is 2. The Balaban J connectivity index is 2.07. The monoisotopic (exact) mass is 291 g/mol. The van der Waals surface area contributed by atoms with E-state index in [0.29, 0.717) is 30.6 Å². The Bertz CT molecular complexity index is 459. The standard InChI is InChI=1S/C16H25N3O2/c1-21-15-10-6-5-9-14(15)18-16(20)19(12-11-17)13-7-3-2-4-8-13/h5-6,9-10,13H,2-4,7-8,11-12,17H2,1H3,(H,18,20). The smallest absolute Gasteiger partial charge is 0.322 e. The van der Waals surface area contributed by atoms with Crippen LogP contribution in [0.5, 0.6) is 5.75 Å². The Morgan fingerprint density at radius 1 is 1.33 bits per heavy atom. The van der Waals surface area contributed by atoms with Crippen LogP contribution in [-0.2, 0) is 0 Å². The van der Waals surface area contributed by atoms with Gasteiger partial charge in [0.25, 0.3) is 0 Å². The third kappa shape index (κ3) is 4.11. The maximum absolute atomic E-state index is 12.6. The van der Waals surface area contributed by atoms with Crippen molar-refractivity contribution >= 4 is 11.7 Å². The average molecular weight is 291 g/mol. The van der Waals surface area contributed by atoms with Crippen molar-refractivity contribution in [3.63, 3.8) is 0 Å². The van der Waals surface area contributed by atoms with E-state index >= 15 is 0 Å². The van der Waals surface area contributed by atoms with Crippen LogP contribution in [0.4, 0.5) is 10.5 Å². The number of hydrogen-bond acceptors (Lipinski definition) is 3. The highest BCUT2D eigenvalue weighted by Gasteiger charge is 2.25. The molecule has 1 aromatic rings. The molecule has 0 unspecified atom stereocenters. The molecule has 1 aliphatic rings. The fourth-order valence-corrected chi connectivity index (χ4v) is 2.92. The molecule has 2 amide bonds. The summed E-state index contributed by atoms with van der Waals surface area (Å²) in [5.74, 6) is 0.669. The maximum atomic E-state index is 12.6. The van der Waals surface area contributed by atoms with Crippen LogP contribution in [0.2, 0.25) is 0 Å². The lowest BCUT2D eigenvalue weighted by Gasteiger charge is -2.34. The summed E-state index contributed by atoms with van der Waals surface area (Å²) in [7, 11) is 1.60. The number of carbonyl (C=O) groups excluding carboxylic acids is 1. The van der Waals surface area contributed by atoms with Crippen LogP contribution < -0.4 is 15.8 Å². The van der Waals surface area contributed by atoms with Crippen LogP contribution in [0.3, 0.4) is 0 Å². The molecule has 1 saturated carbocycles. The molecular formula is C16H25N3O2. The summed E-state index contributed by atoms with van der Waals surface area (Å²) in [6.07, 6.45) is 5.78. The summed E-state index contributed by atoms with van der Waals surface area (Å²) in [5, 5.41) is 2.95. The topological polar surface area (TPSA) is 67.6 Å². The van der Waals surface area contributed by atoms with E-state index in [9.17, 15) is 4.79 Å². The van der Waals surface area contributed by atoms with Crippen LogP contribution in [-0.4, -0.2) is 37.2 Å². The molecule has 5 nitrogen and oxygen atoms in total. The molecule has 21 heavy (non-hydrogen) atoms. The number of carbonyl (C=O) groups is 1. The molecule has 1 aliphatic carbocycles. The van der Waals surface area contributed by atoms with E-state index in [1.165, 1.54) is 19.3 Å². The van der Waals surface area contributed by atoms with Crippen molar-refractivity contribution in [2.24, 2.45) is 5.73 Å². The van der Waals surface area contributed by atoms with Crippen LogP contribution in [0.25, 0.3) is 0 Å². The first kappa shape index (κ1) is 15.6. The zero-order valence-electron chi connectivity index (χ0n) is 12.7. The Hall–Kier alpha value is -1.75. The molecule has 3 N–H and O–H groups in total. The quantitative estimate of drug-likeness (QED) is 0.876. The van der Waals surface area contributed by atoms with Gasteiger partial charge in [-0.2, -0.15) is 0 Å². The van der Waals surface area contributed by atoms with Gasteiger partial charge in [-0.3, -0.25) is 0 Å². The molecule has 0 heterocycles. The zero-order valence-corrected chi connectivity index (χ0v) is 12.7. The van der Waals surface area contributed by atoms with Gasteiger partial charge in [0.1, 0.15) is 5.75 Å². The van der Waals surface area contributed by atoms with Crippen molar-refractivity contribution in [3.8, 4) is 5.75 Å². The summed E-state index contributed by atoms with van der Waals surface area (Å²) < 4.78 is 5.27. The number of rotatable bonds is 5. The third-order valence-electron chi connectivity index (χ3n) is 3.99. The van der Waals surface area contributed by atoms with Gasteiger partial charge in [-0.05, 0) is 25.0 Å². The number of nitrogens with two attached hydrogens (primary N) is 1. The van der Waals surface area contributed by atoms with E-state index in [0.717, 1.165) is 12.8 Å². The number of methoxy groups -OCH3 is 1. The highest BCUT2D eigenvalue weighted by atomic mass is 16.5. The first-order valence-corrected chi connectivity index (χ1v) is 7.67. The van der Waals surface area contributed by atoms with Crippen LogP contribution >= 0.6 is 0 Å². The molecule has 5 heteroatoms. The van der Waals surface area contributed by atoms with Crippen molar-refractivity contribution in [2.45, 2.75) is 38.1 Å². The summed E-state index contributed by atoms with van der Waals surface area (Å²) in [6, 6.07) is 7.66. The molecule has 0 spiro atoms. The Morgan fingerprint density at radius 3 is 2.71 bits per heavy atom. The van der Waals surface area contributed by atoms with Crippen LogP contribution in [0, 0.1) is 0 Å². The highest BCUT2D eigenvalue weighted by Crippen LogP contribution is 2.26. The van der Waals surface area contributed by atoms with E-state index in [1.54, 1.807) is 7.11 Å². The molecule has 0 aromatic heterocycles. The molecule has 0 aliphatic heterocycles. The van der Waals surface area contributed by atoms with Crippen molar-refractivity contribution in [1.82, 2.24) is 4.90 Å². The van der Waals surface area contributed by atoms with Gasteiger partial charge in [0.2, 0.25) is 0 Å². The second-order valence-electron chi connectivity index (χ2n) is 5.40. The van der Waals surface area contributed by atoms with Gasteiger partial charge in [-0.15, -0.1) is 0 Å². The molecule has 2 rings (SSSR count). The van der Waals surface area contributed by atoms with Gasteiger partial charge in [-0.25, -0.2) is 4.79 Å². The number of hydrogen-bond donors (Lipinski definition) is 2. The Labute approximate surface area is 126 Å². The third-order valence-corrected chi connectivity index (χ3v) is 3.99. The summed E-state index contributed by atoms with van der Waals surface area (Å²) in [6.45, 7) is 1.07. The van der Waals surface area contributed by atoms with E-state index in [4.69, 9.17) is 10.5 Å². The maximum Gasteiger partial charge on any atom is 0.322 e. The lowest BCUT2D eigenvalue weighted by Crippen LogP contribution is -2.46. The SMILES string of the molecule is COc1ccccc1NC(=O)N(CCN)C1CCCCC1. The first-order valence-electron chi connectivity index (χ1n) is 7.67. The summed E-state index contributed by atoms with van der Waals surface area (Å²) in [5.41, 5.74) is 6.37. The first-order chi connectivity index (χ1) is 10.3. The van der Waals surface area contributed by atoms with Crippen molar-refractivity contribution < 1.29 is 9.53 Å². The highest BCUT2D eigenvalue weighted by molar-refractivity contribution is 5.91. The average Bonchev–Trinajstić information content (AvgIpc) is 2.53. The molecular weight excluding hydrogens is 266 g/mol. The van der Waals surface area contributed by atoms with E-state index < -0.39 is 0 Å². The van der Waals surface area contributed by atoms with Crippen LogP contribution in [0.15, 0.2) is 24.3 Å².